The maximum absolute atomic E-state index is 5.53. The van der Waals surface area contributed by atoms with Crippen molar-refractivity contribution in [1.82, 2.24) is 4.98 Å². The lowest BCUT2D eigenvalue weighted by Gasteiger charge is -2.09. The summed E-state index contributed by atoms with van der Waals surface area (Å²) in [5, 5.41) is 1.36. The SMILES string of the molecule is Cc1c(CCCCN)cc(C)c2[nH]ccc12. The zero-order valence-electron chi connectivity index (χ0n) is 10.1. The number of rotatable bonds is 4. The van der Waals surface area contributed by atoms with Crippen LogP contribution >= 0.6 is 0 Å². The van der Waals surface area contributed by atoms with Crippen molar-refractivity contribution in [3.05, 3.63) is 35.0 Å². The topological polar surface area (TPSA) is 41.8 Å². The van der Waals surface area contributed by atoms with E-state index in [1.54, 1.807) is 0 Å². The molecular formula is C14H20N2. The van der Waals surface area contributed by atoms with Crippen molar-refractivity contribution in [3.8, 4) is 0 Å². The van der Waals surface area contributed by atoms with Crippen LogP contribution in [-0.4, -0.2) is 11.5 Å². The van der Waals surface area contributed by atoms with E-state index in [1.807, 2.05) is 6.20 Å². The highest BCUT2D eigenvalue weighted by Gasteiger charge is 2.07. The number of aromatic nitrogens is 1. The molecule has 2 rings (SSSR count). The van der Waals surface area contributed by atoms with Gasteiger partial charge in [0, 0.05) is 17.1 Å². The first-order valence-corrected chi connectivity index (χ1v) is 6.00. The number of aryl methyl sites for hydroxylation is 3. The van der Waals surface area contributed by atoms with Gasteiger partial charge in [-0.3, -0.25) is 0 Å². The molecule has 0 radical (unpaired) electrons. The number of nitrogens with one attached hydrogen (secondary N) is 1. The molecule has 0 saturated heterocycles. The van der Waals surface area contributed by atoms with E-state index < -0.39 is 0 Å². The second kappa shape index (κ2) is 4.71. The van der Waals surface area contributed by atoms with Crippen molar-refractivity contribution in [1.29, 1.82) is 0 Å². The van der Waals surface area contributed by atoms with Gasteiger partial charge in [0.05, 0.1) is 0 Å². The maximum Gasteiger partial charge on any atom is 0.0486 e. The van der Waals surface area contributed by atoms with E-state index >= 15 is 0 Å². The summed E-state index contributed by atoms with van der Waals surface area (Å²) in [4.78, 5) is 3.30. The van der Waals surface area contributed by atoms with Crippen molar-refractivity contribution < 1.29 is 0 Å². The molecule has 2 nitrogen and oxygen atoms in total. The molecule has 0 fully saturated rings. The highest BCUT2D eigenvalue weighted by atomic mass is 14.7. The van der Waals surface area contributed by atoms with Crippen LogP contribution in [0.3, 0.4) is 0 Å². The zero-order chi connectivity index (χ0) is 11.5. The Kier molecular flexibility index (Phi) is 3.30. The Labute approximate surface area is 96.9 Å². The zero-order valence-corrected chi connectivity index (χ0v) is 10.1. The van der Waals surface area contributed by atoms with Gasteiger partial charge < -0.3 is 10.7 Å². The predicted molar refractivity (Wildman–Crippen MR) is 69.8 cm³/mol. The number of H-pyrrole nitrogens is 1. The average Bonchev–Trinajstić information content (AvgIpc) is 2.75. The molecule has 86 valence electrons. The molecule has 0 aliphatic heterocycles. The first-order chi connectivity index (χ1) is 7.74. The van der Waals surface area contributed by atoms with E-state index in [0.29, 0.717) is 0 Å². The molecule has 0 bridgehead atoms. The fourth-order valence-corrected chi connectivity index (χ4v) is 2.34. The summed E-state index contributed by atoms with van der Waals surface area (Å²) in [5.74, 6) is 0. The number of fused-ring (bicyclic) bond motifs is 1. The predicted octanol–water partition coefficient (Wildman–Crippen LogP) is 3.07. The number of aromatic amines is 1. The molecule has 2 heteroatoms. The summed E-state index contributed by atoms with van der Waals surface area (Å²) < 4.78 is 0. The molecule has 1 aromatic carbocycles. The molecule has 0 saturated carbocycles. The number of benzene rings is 1. The highest BCUT2D eigenvalue weighted by molar-refractivity contribution is 5.86. The molecule has 3 N–H and O–H groups in total. The van der Waals surface area contributed by atoms with Gasteiger partial charge in [-0.05, 0) is 62.4 Å². The third kappa shape index (κ3) is 1.98. The third-order valence-electron chi connectivity index (χ3n) is 3.32. The van der Waals surface area contributed by atoms with Crippen LogP contribution in [0.25, 0.3) is 10.9 Å². The minimum Gasteiger partial charge on any atom is -0.361 e. The standard InChI is InChI=1S/C14H20N2/c1-10-9-12(5-3-4-7-15)11(2)13-6-8-16-14(10)13/h6,8-9,16H,3-5,7,15H2,1-2H3. The Balaban J connectivity index is 2.34. The van der Waals surface area contributed by atoms with Gasteiger partial charge in [0.25, 0.3) is 0 Å². The molecule has 2 aromatic rings. The van der Waals surface area contributed by atoms with E-state index in [1.165, 1.54) is 34.0 Å². The second-order valence-corrected chi connectivity index (χ2v) is 4.49. The van der Waals surface area contributed by atoms with E-state index in [2.05, 4.69) is 31.0 Å². The van der Waals surface area contributed by atoms with E-state index in [4.69, 9.17) is 5.73 Å². The molecular weight excluding hydrogens is 196 g/mol. The van der Waals surface area contributed by atoms with Gasteiger partial charge in [0.1, 0.15) is 0 Å². The normalized spacial score (nSPS) is 11.2. The smallest absolute Gasteiger partial charge is 0.0486 e. The minimum atomic E-state index is 0.796. The van der Waals surface area contributed by atoms with E-state index in [9.17, 15) is 0 Å². The summed E-state index contributed by atoms with van der Waals surface area (Å²) in [6.07, 6.45) is 5.47. The van der Waals surface area contributed by atoms with Crippen LogP contribution in [0, 0.1) is 13.8 Å². The Morgan fingerprint density at radius 3 is 2.81 bits per heavy atom. The van der Waals surface area contributed by atoms with Gasteiger partial charge in [-0.2, -0.15) is 0 Å². The minimum absolute atomic E-state index is 0.796. The Bertz CT molecular complexity index is 483. The van der Waals surface area contributed by atoms with Crippen LogP contribution < -0.4 is 5.73 Å². The van der Waals surface area contributed by atoms with Crippen LogP contribution in [0.1, 0.15) is 29.5 Å². The van der Waals surface area contributed by atoms with Gasteiger partial charge in [0.15, 0.2) is 0 Å². The molecule has 1 heterocycles. The van der Waals surface area contributed by atoms with Gasteiger partial charge in [-0.1, -0.05) is 6.07 Å². The lowest BCUT2D eigenvalue weighted by Crippen LogP contribution is -2.00. The van der Waals surface area contributed by atoms with Crippen LogP contribution in [0.4, 0.5) is 0 Å². The molecule has 0 aliphatic carbocycles. The highest BCUT2D eigenvalue weighted by Crippen LogP contribution is 2.25. The van der Waals surface area contributed by atoms with Crippen LogP contribution in [-0.2, 0) is 6.42 Å². The molecule has 0 aliphatic rings. The Morgan fingerprint density at radius 2 is 2.06 bits per heavy atom. The number of hydrogen-bond donors (Lipinski definition) is 2. The lowest BCUT2D eigenvalue weighted by molar-refractivity contribution is 0.743. The third-order valence-corrected chi connectivity index (χ3v) is 3.32. The van der Waals surface area contributed by atoms with Crippen molar-refractivity contribution in [2.45, 2.75) is 33.1 Å². The van der Waals surface area contributed by atoms with Gasteiger partial charge in [0.2, 0.25) is 0 Å². The molecule has 0 atom stereocenters. The summed E-state index contributed by atoms with van der Waals surface area (Å²) in [6.45, 7) is 5.18. The van der Waals surface area contributed by atoms with Crippen molar-refractivity contribution in [2.24, 2.45) is 5.73 Å². The summed E-state index contributed by atoms with van der Waals surface area (Å²) in [5.41, 5.74) is 11.0. The van der Waals surface area contributed by atoms with Crippen molar-refractivity contribution in [3.63, 3.8) is 0 Å². The summed E-state index contributed by atoms with van der Waals surface area (Å²) >= 11 is 0. The van der Waals surface area contributed by atoms with E-state index in [-0.39, 0.29) is 0 Å². The average molecular weight is 216 g/mol. The van der Waals surface area contributed by atoms with Gasteiger partial charge >= 0.3 is 0 Å². The Morgan fingerprint density at radius 1 is 1.25 bits per heavy atom. The van der Waals surface area contributed by atoms with Crippen molar-refractivity contribution >= 4 is 10.9 Å². The summed E-state index contributed by atoms with van der Waals surface area (Å²) in [7, 11) is 0. The molecule has 0 amide bonds. The number of nitrogens with two attached hydrogens (primary N) is 1. The summed E-state index contributed by atoms with van der Waals surface area (Å²) in [6, 6.07) is 4.48. The molecule has 1 aromatic heterocycles. The second-order valence-electron chi connectivity index (χ2n) is 4.49. The van der Waals surface area contributed by atoms with Crippen LogP contribution in [0.2, 0.25) is 0 Å². The Hall–Kier alpha value is -1.28. The van der Waals surface area contributed by atoms with E-state index in [0.717, 1.165) is 19.4 Å². The number of unbranched alkanes of at least 4 members (excludes halogenated alkanes) is 1. The van der Waals surface area contributed by atoms with Gasteiger partial charge in [-0.15, -0.1) is 0 Å². The first kappa shape index (κ1) is 11.2. The lowest BCUT2D eigenvalue weighted by atomic mass is 9.97. The van der Waals surface area contributed by atoms with Crippen LogP contribution in [0.5, 0.6) is 0 Å². The quantitative estimate of drug-likeness (QED) is 0.758. The molecule has 0 spiro atoms. The molecule has 16 heavy (non-hydrogen) atoms. The monoisotopic (exact) mass is 216 g/mol. The molecule has 0 unspecified atom stereocenters. The van der Waals surface area contributed by atoms with Gasteiger partial charge in [-0.25, -0.2) is 0 Å². The largest absolute Gasteiger partial charge is 0.361 e. The first-order valence-electron chi connectivity index (χ1n) is 6.00. The van der Waals surface area contributed by atoms with Crippen LogP contribution in [0.15, 0.2) is 18.3 Å². The fourth-order valence-electron chi connectivity index (χ4n) is 2.34. The fraction of sp³-hybridized carbons (Fsp3) is 0.429. The van der Waals surface area contributed by atoms with Crippen molar-refractivity contribution in [2.75, 3.05) is 6.54 Å². The number of hydrogen-bond acceptors (Lipinski definition) is 1. The maximum atomic E-state index is 5.53.